The number of carbonyl (C=O) groups is 2. The molecule has 2 amide bonds. The molecule has 2 rings (SSSR count). The number of ether oxygens (including phenoxy) is 2. The van der Waals surface area contributed by atoms with Crippen LogP contribution in [0.1, 0.15) is 25.8 Å². The fourth-order valence-electron chi connectivity index (χ4n) is 2.60. The van der Waals surface area contributed by atoms with Gasteiger partial charge in [-0.1, -0.05) is 18.2 Å². The van der Waals surface area contributed by atoms with Crippen molar-refractivity contribution in [1.82, 2.24) is 10.2 Å². The van der Waals surface area contributed by atoms with Gasteiger partial charge in [-0.2, -0.15) is 0 Å². The van der Waals surface area contributed by atoms with Crippen LogP contribution in [0.25, 0.3) is 0 Å². The molecule has 1 aromatic carbocycles. The number of nitrogens with one attached hydrogen (secondary N) is 1. The summed E-state index contributed by atoms with van der Waals surface area (Å²) in [5, 5.41) is 2.90. The maximum Gasteiger partial charge on any atom is 0.410 e. The van der Waals surface area contributed by atoms with Crippen LogP contribution >= 0.6 is 0 Å². The van der Waals surface area contributed by atoms with Crippen LogP contribution in [0, 0.1) is 0 Å². The summed E-state index contributed by atoms with van der Waals surface area (Å²) in [4.78, 5) is 25.3. The fraction of sp³-hybridized carbons (Fsp3) is 0.529. The Labute approximate surface area is 136 Å². The van der Waals surface area contributed by atoms with Crippen LogP contribution in [0.3, 0.4) is 0 Å². The maximum atomic E-state index is 12.1. The van der Waals surface area contributed by atoms with Crippen molar-refractivity contribution in [3.63, 3.8) is 0 Å². The molecular formula is C17H24N2O4. The molecular weight excluding hydrogens is 296 g/mol. The highest BCUT2D eigenvalue weighted by Crippen LogP contribution is 2.20. The van der Waals surface area contributed by atoms with E-state index in [1.807, 2.05) is 38.1 Å². The Balaban J connectivity index is 1.82. The van der Waals surface area contributed by atoms with Crippen molar-refractivity contribution in [2.24, 2.45) is 0 Å². The number of cyclic esters (lactones) is 1. The minimum Gasteiger partial charge on any atom is -0.496 e. The summed E-state index contributed by atoms with van der Waals surface area (Å²) < 4.78 is 10.2. The molecule has 1 aliphatic heterocycles. The molecule has 1 heterocycles. The Bertz CT molecular complexity index is 571. The second kappa shape index (κ2) is 7.35. The molecule has 0 unspecified atom stereocenters. The van der Waals surface area contributed by atoms with Gasteiger partial charge in [0, 0.05) is 13.0 Å². The topological polar surface area (TPSA) is 67.9 Å². The van der Waals surface area contributed by atoms with Gasteiger partial charge in [-0.15, -0.1) is 0 Å². The molecule has 6 nitrogen and oxygen atoms in total. The van der Waals surface area contributed by atoms with Crippen LogP contribution in [0.2, 0.25) is 0 Å². The van der Waals surface area contributed by atoms with E-state index in [1.54, 1.807) is 12.0 Å². The van der Waals surface area contributed by atoms with Gasteiger partial charge < -0.3 is 14.8 Å². The lowest BCUT2D eigenvalue weighted by molar-refractivity contribution is -0.121. The molecule has 1 saturated heterocycles. The van der Waals surface area contributed by atoms with E-state index in [9.17, 15) is 9.59 Å². The van der Waals surface area contributed by atoms with E-state index in [-0.39, 0.29) is 12.0 Å². The van der Waals surface area contributed by atoms with E-state index < -0.39 is 5.54 Å². The summed E-state index contributed by atoms with van der Waals surface area (Å²) in [5.74, 6) is 0.747. The molecule has 1 N–H and O–H groups in total. The second-order valence-electron chi connectivity index (χ2n) is 6.17. The Kier molecular flexibility index (Phi) is 5.47. The summed E-state index contributed by atoms with van der Waals surface area (Å²) in [6.45, 7) is 5.19. The standard InChI is InChI=1S/C17H24N2O4/c1-17(2,19-10-11-23-16(19)21)12-18-15(20)9-8-13-6-4-5-7-14(13)22-3/h4-7H,8-12H2,1-3H3,(H,18,20). The van der Waals surface area contributed by atoms with Crippen molar-refractivity contribution in [3.05, 3.63) is 29.8 Å². The number of carbonyl (C=O) groups excluding carboxylic acids is 2. The lowest BCUT2D eigenvalue weighted by Crippen LogP contribution is -2.52. The van der Waals surface area contributed by atoms with Crippen molar-refractivity contribution in [2.45, 2.75) is 32.2 Å². The quantitative estimate of drug-likeness (QED) is 0.834. The summed E-state index contributed by atoms with van der Waals surface area (Å²) in [6, 6.07) is 7.67. The molecule has 23 heavy (non-hydrogen) atoms. The predicted octanol–water partition coefficient (Wildman–Crippen LogP) is 1.97. The Morgan fingerprint density at radius 2 is 2.13 bits per heavy atom. The van der Waals surface area contributed by atoms with Crippen molar-refractivity contribution in [3.8, 4) is 5.75 Å². The third-order valence-corrected chi connectivity index (χ3v) is 4.02. The van der Waals surface area contributed by atoms with E-state index in [0.717, 1.165) is 11.3 Å². The van der Waals surface area contributed by atoms with Gasteiger partial charge in [0.1, 0.15) is 12.4 Å². The Morgan fingerprint density at radius 3 is 2.78 bits per heavy atom. The molecule has 1 aromatic rings. The first-order chi connectivity index (χ1) is 10.9. The number of benzene rings is 1. The number of aryl methyl sites for hydroxylation is 1. The summed E-state index contributed by atoms with van der Waals surface area (Å²) in [7, 11) is 1.62. The third kappa shape index (κ3) is 4.37. The summed E-state index contributed by atoms with van der Waals surface area (Å²) in [6.07, 6.45) is 0.668. The van der Waals surface area contributed by atoms with Crippen LogP contribution in [-0.2, 0) is 16.0 Å². The largest absolute Gasteiger partial charge is 0.496 e. The SMILES string of the molecule is COc1ccccc1CCC(=O)NCC(C)(C)N1CCOC1=O. The lowest BCUT2D eigenvalue weighted by Gasteiger charge is -2.33. The number of para-hydroxylation sites is 1. The molecule has 6 heteroatoms. The molecule has 0 saturated carbocycles. The third-order valence-electron chi connectivity index (χ3n) is 4.02. The van der Waals surface area contributed by atoms with Crippen molar-refractivity contribution in [2.75, 3.05) is 26.8 Å². The Morgan fingerprint density at radius 1 is 1.39 bits per heavy atom. The van der Waals surface area contributed by atoms with E-state index in [0.29, 0.717) is 32.5 Å². The molecule has 1 fully saturated rings. The van der Waals surface area contributed by atoms with Crippen LogP contribution in [0.15, 0.2) is 24.3 Å². The van der Waals surface area contributed by atoms with E-state index in [4.69, 9.17) is 9.47 Å². The second-order valence-corrected chi connectivity index (χ2v) is 6.17. The zero-order chi connectivity index (χ0) is 16.9. The maximum absolute atomic E-state index is 12.1. The van der Waals surface area contributed by atoms with Crippen LogP contribution in [0.5, 0.6) is 5.75 Å². The van der Waals surface area contributed by atoms with Crippen molar-refractivity contribution in [1.29, 1.82) is 0 Å². The monoisotopic (exact) mass is 320 g/mol. The summed E-state index contributed by atoms with van der Waals surface area (Å²) >= 11 is 0. The molecule has 1 aliphatic rings. The van der Waals surface area contributed by atoms with E-state index in [1.165, 1.54) is 0 Å². The minimum absolute atomic E-state index is 0.0449. The average Bonchev–Trinajstić information content (AvgIpc) is 2.98. The predicted molar refractivity (Wildman–Crippen MR) is 86.5 cm³/mol. The van der Waals surface area contributed by atoms with Gasteiger partial charge in [0.15, 0.2) is 0 Å². The van der Waals surface area contributed by atoms with E-state index >= 15 is 0 Å². The molecule has 0 bridgehead atoms. The number of amides is 2. The highest BCUT2D eigenvalue weighted by molar-refractivity contribution is 5.76. The first-order valence-corrected chi connectivity index (χ1v) is 7.77. The van der Waals surface area contributed by atoms with Crippen LogP contribution in [-0.4, -0.2) is 49.2 Å². The summed E-state index contributed by atoms with van der Waals surface area (Å²) in [5.41, 5.74) is 0.542. The highest BCUT2D eigenvalue weighted by atomic mass is 16.6. The van der Waals surface area contributed by atoms with Crippen LogP contribution < -0.4 is 10.1 Å². The number of hydrogen-bond donors (Lipinski definition) is 1. The smallest absolute Gasteiger partial charge is 0.410 e. The first kappa shape index (κ1) is 17.1. The highest BCUT2D eigenvalue weighted by Gasteiger charge is 2.35. The van der Waals surface area contributed by atoms with E-state index in [2.05, 4.69) is 5.32 Å². The first-order valence-electron chi connectivity index (χ1n) is 7.77. The Hall–Kier alpha value is -2.24. The molecule has 0 aliphatic carbocycles. The normalized spacial score (nSPS) is 14.6. The number of rotatable bonds is 7. The van der Waals surface area contributed by atoms with Gasteiger partial charge >= 0.3 is 6.09 Å². The zero-order valence-corrected chi connectivity index (χ0v) is 13.9. The van der Waals surface area contributed by atoms with Gasteiger partial charge in [-0.05, 0) is 31.9 Å². The zero-order valence-electron chi connectivity index (χ0n) is 13.9. The minimum atomic E-state index is -0.465. The molecule has 0 atom stereocenters. The lowest BCUT2D eigenvalue weighted by atomic mass is 10.0. The number of methoxy groups -OCH3 is 1. The molecule has 0 spiro atoms. The van der Waals surface area contributed by atoms with Crippen molar-refractivity contribution < 1.29 is 19.1 Å². The van der Waals surface area contributed by atoms with Gasteiger partial charge in [0.2, 0.25) is 5.91 Å². The number of nitrogens with zero attached hydrogens (tertiary/aromatic N) is 1. The number of hydrogen-bond acceptors (Lipinski definition) is 4. The molecule has 0 aromatic heterocycles. The van der Waals surface area contributed by atoms with Crippen molar-refractivity contribution >= 4 is 12.0 Å². The van der Waals surface area contributed by atoms with Gasteiger partial charge in [-0.25, -0.2) is 4.79 Å². The van der Waals surface area contributed by atoms with Crippen LogP contribution in [0.4, 0.5) is 4.79 Å². The van der Waals surface area contributed by atoms with Gasteiger partial charge in [0.25, 0.3) is 0 Å². The molecule has 0 radical (unpaired) electrons. The fourth-order valence-corrected chi connectivity index (χ4v) is 2.60. The van der Waals surface area contributed by atoms with Gasteiger partial charge in [-0.3, -0.25) is 9.69 Å². The molecule has 126 valence electrons. The average molecular weight is 320 g/mol. The van der Waals surface area contributed by atoms with Gasteiger partial charge in [0.05, 0.1) is 19.2 Å².